The van der Waals surface area contributed by atoms with Crippen molar-refractivity contribution in [1.29, 1.82) is 0 Å². The summed E-state index contributed by atoms with van der Waals surface area (Å²) in [6, 6.07) is 7.43. The highest BCUT2D eigenvalue weighted by Crippen LogP contribution is 2.16. The topological polar surface area (TPSA) is 64.7 Å². The van der Waals surface area contributed by atoms with E-state index in [1.807, 2.05) is 38.1 Å². The molecule has 0 saturated carbocycles. The molecule has 2 N–H and O–H groups in total. The zero-order valence-corrected chi connectivity index (χ0v) is 8.73. The number of nitrogens with zero attached hydrogens (tertiary/aromatic N) is 3. The Labute approximate surface area is 88.2 Å². The van der Waals surface area contributed by atoms with E-state index in [9.17, 15) is 0 Å². The SMILES string of the molecule is Cc1nnc(-c2ccc(N)cc2)nc1C. The van der Waals surface area contributed by atoms with Crippen LogP contribution in [0, 0.1) is 13.8 Å². The molecule has 0 radical (unpaired) electrons. The predicted molar refractivity (Wildman–Crippen MR) is 59.1 cm³/mol. The number of hydrogen-bond donors (Lipinski definition) is 1. The van der Waals surface area contributed by atoms with Crippen LogP contribution in [0.1, 0.15) is 11.4 Å². The van der Waals surface area contributed by atoms with Gasteiger partial charge in [0.25, 0.3) is 0 Å². The second-order valence-electron chi connectivity index (χ2n) is 3.43. The van der Waals surface area contributed by atoms with Gasteiger partial charge in [-0.25, -0.2) is 4.98 Å². The zero-order valence-electron chi connectivity index (χ0n) is 8.73. The zero-order chi connectivity index (χ0) is 10.8. The molecular weight excluding hydrogens is 188 g/mol. The highest BCUT2D eigenvalue weighted by molar-refractivity contribution is 5.58. The first kappa shape index (κ1) is 9.58. The van der Waals surface area contributed by atoms with Crippen molar-refractivity contribution >= 4 is 5.69 Å². The number of anilines is 1. The van der Waals surface area contributed by atoms with Crippen LogP contribution >= 0.6 is 0 Å². The van der Waals surface area contributed by atoms with Gasteiger partial charge in [-0.15, -0.1) is 5.10 Å². The van der Waals surface area contributed by atoms with E-state index >= 15 is 0 Å². The van der Waals surface area contributed by atoms with Crippen LogP contribution in [0.5, 0.6) is 0 Å². The van der Waals surface area contributed by atoms with E-state index in [1.165, 1.54) is 0 Å². The van der Waals surface area contributed by atoms with Crippen LogP contribution in [0.3, 0.4) is 0 Å². The number of aromatic nitrogens is 3. The van der Waals surface area contributed by atoms with E-state index in [1.54, 1.807) is 0 Å². The number of rotatable bonds is 1. The van der Waals surface area contributed by atoms with Crippen LogP contribution in [-0.2, 0) is 0 Å². The van der Waals surface area contributed by atoms with Crippen molar-refractivity contribution in [3.8, 4) is 11.4 Å². The normalized spacial score (nSPS) is 10.3. The highest BCUT2D eigenvalue weighted by Gasteiger charge is 2.03. The number of nitrogen functional groups attached to an aromatic ring is 1. The Kier molecular flexibility index (Phi) is 2.33. The molecule has 0 unspecified atom stereocenters. The minimum Gasteiger partial charge on any atom is -0.399 e. The van der Waals surface area contributed by atoms with Gasteiger partial charge in [0.05, 0.1) is 11.4 Å². The molecule has 1 heterocycles. The van der Waals surface area contributed by atoms with Crippen molar-refractivity contribution in [2.45, 2.75) is 13.8 Å². The summed E-state index contributed by atoms with van der Waals surface area (Å²) in [5.41, 5.74) is 9.02. The maximum absolute atomic E-state index is 5.60. The lowest BCUT2D eigenvalue weighted by atomic mass is 10.2. The quantitative estimate of drug-likeness (QED) is 0.712. The number of hydrogen-bond acceptors (Lipinski definition) is 4. The van der Waals surface area contributed by atoms with Crippen molar-refractivity contribution in [3.05, 3.63) is 35.7 Å². The minimum absolute atomic E-state index is 0.637. The molecule has 2 rings (SSSR count). The smallest absolute Gasteiger partial charge is 0.181 e. The summed E-state index contributed by atoms with van der Waals surface area (Å²) in [5.74, 6) is 0.637. The lowest BCUT2D eigenvalue weighted by Gasteiger charge is -2.02. The van der Waals surface area contributed by atoms with Crippen molar-refractivity contribution in [2.75, 3.05) is 5.73 Å². The van der Waals surface area contributed by atoms with E-state index < -0.39 is 0 Å². The molecule has 0 atom stereocenters. The summed E-state index contributed by atoms with van der Waals surface area (Å²) >= 11 is 0. The second kappa shape index (κ2) is 3.65. The van der Waals surface area contributed by atoms with E-state index in [-0.39, 0.29) is 0 Å². The lowest BCUT2D eigenvalue weighted by Crippen LogP contribution is -1.98. The van der Waals surface area contributed by atoms with Gasteiger partial charge in [0, 0.05) is 11.3 Å². The fourth-order valence-electron chi connectivity index (χ4n) is 1.21. The molecule has 0 fully saturated rings. The molecule has 1 aromatic heterocycles. The number of aryl methyl sites for hydroxylation is 2. The highest BCUT2D eigenvalue weighted by atomic mass is 15.2. The Morgan fingerprint density at radius 3 is 2.20 bits per heavy atom. The van der Waals surface area contributed by atoms with Gasteiger partial charge >= 0.3 is 0 Å². The van der Waals surface area contributed by atoms with Crippen LogP contribution in [0.15, 0.2) is 24.3 Å². The van der Waals surface area contributed by atoms with E-state index in [4.69, 9.17) is 5.73 Å². The van der Waals surface area contributed by atoms with Crippen molar-refractivity contribution < 1.29 is 0 Å². The first-order valence-corrected chi connectivity index (χ1v) is 4.70. The van der Waals surface area contributed by atoms with Gasteiger partial charge in [0.2, 0.25) is 0 Å². The van der Waals surface area contributed by atoms with Gasteiger partial charge in [-0.05, 0) is 38.1 Å². The summed E-state index contributed by atoms with van der Waals surface area (Å²) < 4.78 is 0. The monoisotopic (exact) mass is 200 g/mol. The van der Waals surface area contributed by atoms with Gasteiger partial charge in [-0.3, -0.25) is 0 Å². The maximum Gasteiger partial charge on any atom is 0.181 e. The molecule has 2 aromatic rings. The number of benzene rings is 1. The summed E-state index contributed by atoms with van der Waals surface area (Å²) in [4.78, 5) is 4.36. The standard InChI is InChI=1S/C11H12N4/c1-7-8(2)14-15-11(13-7)9-3-5-10(12)6-4-9/h3-6H,12H2,1-2H3. The second-order valence-corrected chi connectivity index (χ2v) is 3.43. The molecule has 0 aliphatic rings. The van der Waals surface area contributed by atoms with Gasteiger partial charge in [-0.1, -0.05) is 0 Å². The molecule has 0 aliphatic heterocycles. The van der Waals surface area contributed by atoms with Gasteiger partial charge in [0.15, 0.2) is 5.82 Å². The minimum atomic E-state index is 0.637. The Balaban J connectivity index is 2.45. The Morgan fingerprint density at radius 2 is 1.60 bits per heavy atom. The molecule has 0 saturated heterocycles. The summed E-state index contributed by atoms with van der Waals surface area (Å²) in [7, 11) is 0. The lowest BCUT2D eigenvalue weighted by molar-refractivity contribution is 0.905. The average molecular weight is 200 g/mol. The van der Waals surface area contributed by atoms with Crippen LogP contribution < -0.4 is 5.73 Å². The largest absolute Gasteiger partial charge is 0.399 e. The molecule has 15 heavy (non-hydrogen) atoms. The third-order valence-corrected chi connectivity index (χ3v) is 2.26. The molecule has 4 nitrogen and oxygen atoms in total. The van der Waals surface area contributed by atoms with Crippen molar-refractivity contribution in [1.82, 2.24) is 15.2 Å². The van der Waals surface area contributed by atoms with Crippen molar-refractivity contribution in [2.24, 2.45) is 0 Å². The molecular formula is C11H12N4. The molecule has 0 spiro atoms. The molecule has 4 heteroatoms. The van der Waals surface area contributed by atoms with Gasteiger partial charge in [-0.2, -0.15) is 5.10 Å². The molecule has 76 valence electrons. The Bertz CT molecular complexity index is 476. The first-order chi connectivity index (χ1) is 7.16. The third-order valence-electron chi connectivity index (χ3n) is 2.26. The van der Waals surface area contributed by atoms with Gasteiger partial charge < -0.3 is 5.73 Å². The fourth-order valence-corrected chi connectivity index (χ4v) is 1.21. The molecule has 0 amide bonds. The Morgan fingerprint density at radius 1 is 0.933 bits per heavy atom. The third kappa shape index (κ3) is 1.93. The summed E-state index contributed by atoms with van der Waals surface area (Å²) in [6.07, 6.45) is 0. The molecule has 0 bridgehead atoms. The maximum atomic E-state index is 5.60. The number of nitrogens with two attached hydrogens (primary N) is 1. The van der Waals surface area contributed by atoms with E-state index in [0.29, 0.717) is 5.82 Å². The molecule has 0 aliphatic carbocycles. The van der Waals surface area contributed by atoms with E-state index in [2.05, 4.69) is 15.2 Å². The van der Waals surface area contributed by atoms with Crippen LogP contribution in [0.25, 0.3) is 11.4 Å². The van der Waals surface area contributed by atoms with Crippen LogP contribution in [-0.4, -0.2) is 15.2 Å². The van der Waals surface area contributed by atoms with Crippen LogP contribution in [0.4, 0.5) is 5.69 Å². The van der Waals surface area contributed by atoms with E-state index in [0.717, 1.165) is 22.6 Å². The van der Waals surface area contributed by atoms with Crippen molar-refractivity contribution in [3.63, 3.8) is 0 Å². The first-order valence-electron chi connectivity index (χ1n) is 4.70. The summed E-state index contributed by atoms with van der Waals surface area (Å²) in [6.45, 7) is 3.81. The predicted octanol–water partition coefficient (Wildman–Crippen LogP) is 1.74. The molecule has 1 aromatic carbocycles. The fraction of sp³-hybridized carbons (Fsp3) is 0.182. The van der Waals surface area contributed by atoms with Crippen LogP contribution in [0.2, 0.25) is 0 Å². The van der Waals surface area contributed by atoms with Gasteiger partial charge in [0.1, 0.15) is 0 Å². The Hall–Kier alpha value is -1.97. The summed E-state index contributed by atoms with van der Waals surface area (Å²) in [5, 5.41) is 8.07. The average Bonchev–Trinajstić information content (AvgIpc) is 2.23.